The Kier molecular flexibility index (Phi) is 4.06. The van der Waals surface area contributed by atoms with Crippen LogP contribution < -0.4 is 0 Å². The fraction of sp³-hybridized carbons (Fsp3) is 0.250. The molecule has 2 aromatic heterocycles. The van der Waals surface area contributed by atoms with Crippen molar-refractivity contribution >= 4 is 5.91 Å². The smallest absolute Gasteiger partial charge is 0.227 e. The Labute approximate surface area is 145 Å². The first-order valence-corrected chi connectivity index (χ1v) is 8.33. The highest BCUT2D eigenvalue weighted by molar-refractivity contribution is 5.82. The molecule has 1 amide bonds. The number of rotatable bonds is 6. The summed E-state index contributed by atoms with van der Waals surface area (Å²) >= 11 is 0. The van der Waals surface area contributed by atoms with Gasteiger partial charge in [-0.25, -0.2) is 0 Å². The molecule has 1 aliphatic rings. The average Bonchev–Trinajstić information content (AvgIpc) is 3.02. The normalized spacial score (nSPS) is 18.9. The van der Waals surface area contributed by atoms with Crippen LogP contribution in [0.3, 0.4) is 0 Å². The lowest BCUT2D eigenvalue weighted by Gasteiger charge is -2.22. The van der Waals surface area contributed by atoms with Gasteiger partial charge in [-0.05, 0) is 48.4 Å². The van der Waals surface area contributed by atoms with Gasteiger partial charge in [0.2, 0.25) is 5.91 Å². The second-order valence-corrected chi connectivity index (χ2v) is 6.40. The minimum atomic E-state index is -0.0433. The van der Waals surface area contributed by atoms with Crippen LogP contribution >= 0.6 is 0 Å². The van der Waals surface area contributed by atoms with Gasteiger partial charge in [0, 0.05) is 18.4 Å². The van der Waals surface area contributed by atoms with Crippen molar-refractivity contribution in [2.75, 3.05) is 0 Å². The first kappa shape index (κ1) is 15.6. The molecule has 4 rings (SSSR count). The summed E-state index contributed by atoms with van der Waals surface area (Å²) < 4.78 is 10.9. The van der Waals surface area contributed by atoms with Crippen molar-refractivity contribution in [1.29, 1.82) is 0 Å². The molecule has 3 aromatic rings. The van der Waals surface area contributed by atoms with Crippen molar-refractivity contribution < 1.29 is 18.7 Å². The van der Waals surface area contributed by atoms with E-state index >= 15 is 0 Å². The van der Waals surface area contributed by atoms with E-state index in [9.17, 15) is 9.90 Å². The highest BCUT2D eigenvalue weighted by Crippen LogP contribution is 2.48. The summed E-state index contributed by atoms with van der Waals surface area (Å²) in [6.45, 7) is 0.898. The van der Waals surface area contributed by atoms with E-state index in [1.165, 1.54) is 0 Å². The number of hydrogen-bond acceptors (Lipinski definition) is 4. The first-order valence-electron chi connectivity index (χ1n) is 8.33. The summed E-state index contributed by atoms with van der Waals surface area (Å²) in [6, 6.07) is 14.4. The standard InChI is InChI=1S/C20H19NO4/c22-15-7-5-14(6-8-15)12-21(13-16-3-1-9-24-16)20(23)18-11-17(18)19-4-2-10-25-19/h1-10,17-18,22H,11-13H2/t17-,18+/m1/s1. The molecule has 2 atom stereocenters. The summed E-state index contributed by atoms with van der Waals surface area (Å²) in [5, 5.41) is 9.44. The topological polar surface area (TPSA) is 66.8 Å². The molecule has 5 heteroatoms. The first-order chi connectivity index (χ1) is 12.2. The predicted octanol–water partition coefficient (Wildman–Crippen LogP) is 3.91. The van der Waals surface area contributed by atoms with Gasteiger partial charge in [-0.1, -0.05) is 12.1 Å². The van der Waals surface area contributed by atoms with Gasteiger partial charge in [-0.3, -0.25) is 4.79 Å². The number of carbonyl (C=O) groups is 1. The van der Waals surface area contributed by atoms with Gasteiger partial charge < -0.3 is 18.8 Å². The van der Waals surface area contributed by atoms with Crippen LogP contribution in [0.1, 0.15) is 29.4 Å². The lowest BCUT2D eigenvalue weighted by molar-refractivity contribution is -0.134. The monoisotopic (exact) mass is 337 g/mol. The summed E-state index contributed by atoms with van der Waals surface area (Å²) in [5.74, 6) is 2.07. The van der Waals surface area contributed by atoms with Gasteiger partial charge in [0.25, 0.3) is 0 Å². The molecule has 0 spiro atoms. The minimum Gasteiger partial charge on any atom is -0.508 e. The zero-order chi connectivity index (χ0) is 17.2. The molecule has 1 fully saturated rings. The second kappa shape index (κ2) is 6.51. The molecular formula is C20H19NO4. The molecule has 0 radical (unpaired) electrons. The molecule has 1 N–H and O–H groups in total. The summed E-state index contributed by atoms with van der Waals surface area (Å²) in [6.07, 6.45) is 4.07. The van der Waals surface area contributed by atoms with Gasteiger partial charge in [0.1, 0.15) is 17.3 Å². The third-order valence-electron chi connectivity index (χ3n) is 4.56. The maximum absolute atomic E-state index is 13.0. The summed E-state index contributed by atoms with van der Waals surface area (Å²) in [4.78, 5) is 14.8. The number of nitrogens with zero attached hydrogens (tertiary/aromatic N) is 1. The Balaban J connectivity index is 1.50. The fourth-order valence-electron chi connectivity index (χ4n) is 3.14. The predicted molar refractivity (Wildman–Crippen MR) is 90.6 cm³/mol. The second-order valence-electron chi connectivity index (χ2n) is 6.40. The van der Waals surface area contributed by atoms with Crippen molar-refractivity contribution in [3.63, 3.8) is 0 Å². The molecule has 128 valence electrons. The van der Waals surface area contributed by atoms with Crippen LogP contribution in [0.15, 0.2) is 69.9 Å². The molecule has 1 saturated carbocycles. The lowest BCUT2D eigenvalue weighted by Crippen LogP contribution is -2.31. The zero-order valence-electron chi connectivity index (χ0n) is 13.7. The SMILES string of the molecule is O=C([C@H]1C[C@H]1c1ccco1)N(Cc1ccc(O)cc1)Cc1ccco1. The highest BCUT2D eigenvalue weighted by atomic mass is 16.3. The molecule has 0 aliphatic heterocycles. The van der Waals surface area contributed by atoms with Crippen molar-refractivity contribution in [3.8, 4) is 5.75 Å². The molecule has 1 aromatic carbocycles. The molecule has 0 bridgehead atoms. The van der Waals surface area contributed by atoms with E-state index in [0.29, 0.717) is 13.1 Å². The van der Waals surface area contributed by atoms with E-state index in [1.807, 2.05) is 36.4 Å². The molecule has 2 heterocycles. The Morgan fingerprint density at radius 3 is 2.48 bits per heavy atom. The fourth-order valence-corrected chi connectivity index (χ4v) is 3.14. The lowest BCUT2D eigenvalue weighted by atomic mass is 10.1. The highest BCUT2D eigenvalue weighted by Gasteiger charge is 2.47. The third kappa shape index (κ3) is 3.45. The van der Waals surface area contributed by atoms with Crippen LogP contribution in [0.5, 0.6) is 5.75 Å². The number of benzene rings is 1. The molecule has 0 saturated heterocycles. The number of hydrogen-bond donors (Lipinski definition) is 1. The molecule has 5 nitrogen and oxygen atoms in total. The molecular weight excluding hydrogens is 318 g/mol. The van der Waals surface area contributed by atoms with E-state index in [0.717, 1.165) is 23.5 Å². The summed E-state index contributed by atoms with van der Waals surface area (Å²) in [7, 11) is 0. The number of phenols is 1. The van der Waals surface area contributed by atoms with Crippen molar-refractivity contribution in [2.24, 2.45) is 5.92 Å². The zero-order valence-corrected chi connectivity index (χ0v) is 13.7. The van der Waals surface area contributed by atoms with E-state index in [2.05, 4.69) is 0 Å². The van der Waals surface area contributed by atoms with Gasteiger partial charge in [0.15, 0.2) is 0 Å². The van der Waals surface area contributed by atoms with Crippen molar-refractivity contribution in [3.05, 3.63) is 78.1 Å². The van der Waals surface area contributed by atoms with Crippen LogP contribution in [-0.4, -0.2) is 15.9 Å². The quantitative estimate of drug-likeness (QED) is 0.740. The number of carbonyl (C=O) groups excluding carboxylic acids is 1. The van der Waals surface area contributed by atoms with E-state index in [4.69, 9.17) is 8.83 Å². The van der Waals surface area contributed by atoms with Crippen LogP contribution in [0.2, 0.25) is 0 Å². The molecule has 0 unspecified atom stereocenters. The van der Waals surface area contributed by atoms with Crippen LogP contribution in [-0.2, 0) is 17.9 Å². The number of furan rings is 2. The summed E-state index contributed by atoms with van der Waals surface area (Å²) in [5.41, 5.74) is 0.966. The maximum atomic E-state index is 13.0. The largest absolute Gasteiger partial charge is 0.508 e. The van der Waals surface area contributed by atoms with Gasteiger partial charge in [-0.2, -0.15) is 0 Å². The number of aromatic hydroxyl groups is 1. The Morgan fingerprint density at radius 1 is 1.04 bits per heavy atom. The molecule has 1 aliphatic carbocycles. The van der Waals surface area contributed by atoms with E-state index < -0.39 is 0 Å². The van der Waals surface area contributed by atoms with Crippen molar-refractivity contribution in [2.45, 2.75) is 25.4 Å². The Morgan fingerprint density at radius 2 is 1.80 bits per heavy atom. The maximum Gasteiger partial charge on any atom is 0.227 e. The van der Waals surface area contributed by atoms with Gasteiger partial charge >= 0.3 is 0 Å². The Hall–Kier alpha value is -2.95. The number of amides is 1. The molecule has 25 heavy (non-hydrogen) atoms. The number of phenolic OH excluding ortho intramolecular Hbond substituents is 1. The Bertz CT molecular complexity index is 821. The van der Waals surface area contributed by atoms with Crippen molar-refractivity contribution in [1.82, 2.24) is 4.90 Å². The van der Waals surface area contributed by atoms with E-state index in [-0.39, 0.29) is 23.5 Å². The van der Waals surface area contributed by atoms with Crippen LogP contribution in [0, 0.1) is 5.92 Å². The minimum absolute atomic E-state index is 0.0433. The average molecular weight is 337 g/mol. The van der Waals surface area contributed by atoms with E-state index in [1.54, 1.807) is 29.6 Å². The van der Waals surface area contributed by atoms with Crippen LogP contribution in [0.4, 0.5) is 0 Å². The van der Waals surface area contributed by atoms with Gasteiger partial charge in [-0.15, -0.1) is 0 Å². The third-order valence-corrected chi connectivity index (χ3v) is 4.56. The van der Waals surface area contributed by atoms with Crippen LogP contribution in [0.25, 0.3) is 0 Å². The van der Waals surface area contributed by atoms with Gasteiger partial charge in [0.05, 0.1) is 19.1 Å².